The van der Waals surface area contributed by atoms with E-state index >= 15 is 8.78 Å². The lowest BCUT2D eigenvalue weighted by atomic mass is 9.79. The number of allylic oxidation sites excluding steroid dienone is 1. The van der Waals surface area contributed by atoms with Crippen LogP contribution in [0.2, 0.25) is 16.6 Å². The first-order valence-corrected chi connectivity index (χ1v) is 15.0. The van der Waals surface area contributed by atoms with E-state index in [1.54, 1.807) is 0 Å². The molecule has 2 nitrogen and oxygen atoms in total. The van der Waals surface area contributed by atoms with Gasteiger partial charge in [-0.3, -0.25) is 0 Å². The monoisotopic (exact) mass is 506 g/mol. The second-order valence-electron chi connectivity index (χ2n) is 10.7. The van der Waals surface area contributed by atoms with Gasteiger partial charge in [0, 0.05) is 12.1 Å². The van der Waals surface area contributed by atoms with Crippen LogP contribution in [-0.2, 0) is 6.42 Å². The van der Waals surface area contributed by atoms with Crippen molar-refractivity contribution in [3.8, 4) is 11.5 Å². The Balaban J connectivity index is 1.89. The Hall–Kier alpha value is -2.92. The van der Waals surface area contributed by atoms with Gasteiger partial charge in [0.25, 0.3) is 8.32 Å². The highest BCUT2D eigenvalue weighted by molar-refractivity contribution is 6.78. The Kier molecular flexibility index (Phi) is 7.42. The van der Waals surface area contributed by atoms with Gasteiger partial charge in [0.2, 0.25) is 0 Å². The van der Waals surface area contributed by atoms with Crippen molar-refractivity contribution in [1.82, 2.24) is 0 Å². The molecule has 3 aromatic carbocycles. The molecule has 0 bridgehead atoms. The van der Waals surface area contributed by atoms with Crippen molar-refractivity contribution >= 4 is 19.5 Å². The highest BCUT2D eigenvalue weighted by Gasteiger charge is 2.47. The third-order valence-corrected chi connectivity index (χ3v) is 13.7. The third kappa shape index (κ3) is 4.61. The minimum atomic E-state index is -2.14. The summed E-state index contributed by atoms with van der Waals surface area (Å²) in [4.78, 5) is 0. The largest absolute Gasteiger partial charge is 0.543 e. The number of benzene rings is 3. The van der Waals surface area contributed by atoms with Crippen molar-refractivity contribution in [2.75, 3.05) is 0 Å². The lowest BCUT2D eigenvalue weighted by Gasteiger charge is -2.42. The second-order valence-corrected chi connectivity index (χ2v) is 16.1. The molecule has 0 aliphatic heterocycles. The fourth-order valence-electron chi connectivity index (χ4n) is 6.20. The van der Waals surface area contributed by atoms with Gasteiger partial charge in [-0.2, -0.15) is 0 Å². The molecule has 3 aromatic rings. The molecule has 0 unspecified atom stereocenters. The normalized spacial score (nSPS) is 14.1. The summed E-state index contributed by atoms with van der Waals surface area (Å²) in [5, 5.41) is 9.76. The average Bonchev–Trinajstić information content (AvgIpc) is 2.81. The first kappa shape index (κ1) is 26.1. The van der Waals surface area contributed by atoms with Crippen LogP contribution in [0.3, 0.4) is 0 Å². The van der Waals surface area contributed by atoms with E-state index in [9.17, 15) is 5.11 Å². The molecule has 0 heterocycles. The Bertz CT molecular complexity index is 1230. The van der Waals surface area contributed by atoms with Gasteiger partial charge in [-0.25, -0.2) is 8.78 Å². The smallest absolute Gasteiger partial charge is 0.258 e. The van der Waals surface area contributed by atoms with Gasteiger partial charge >= 0.3 is 0 Å². The van der Waals surface area contributed by atoms with Crippen LogP contribution in [0.5, 0.6) is 11.5 Å². The highest BCUT2D eigenvalue weighted by atomic mass is 28.4. The van der Waals surface area contributed by atoms with E-state index in [-0.39, 0.29) is 5.56 Å². The summed E-state index contributed by atoms with van der Waals surface area (Å²) >= 11 is 0. The van der Waals surface area contributed by atoms with E-state index in [0.717, 1.165) is 46.6 Å². The number of hydrogen-bond acceptors (Lipinski definition) is 2. The fourth-order valence-corrected chi connectivity index (χ4v) is 11.4. The molecule has 190 valence electrons. The number of aryl methyl sites for hydroxylation is 1. The minimum Gasteiger partial charge on any atom is -0.543 e. The predicted molar refractivity (Wildman–Crippen MR) is 147 cm³/mol. The molecular weight excluding hydrogens is 470 g/mol. The molecule has 1 aliphatic rings. The first-order valence-electron chi connectivity index (χ1n) is 12.9. The summed E-state index contributed by atoms with van der Waals surface area (Å²) in [6, 6.07) is 17.7. The van der Waals surface area contributed by atoms with E-state index < -0.39 is 25.7 Å². The highest BCUT2D eigenvalue weighted by Crippen LogP contribution is 2.46. The van der Waals surface area contributed by atoms with Crippen LogP contribution in [0.15, 0.2) is 60.7 Å². The summed E-state index contributed by atoms with van der Waals surface area (Å²) in [6.07, 6.45) is 1.40. The SMILES string of the molecule is CC(C)[Si](Oc1ccc2c(c1)CCC(c1ccccc1)=C2c1c(F)cc(O)cc1F)(C(C)C)C(C)C. The molecular formula is C31H36F2O2Si. The Morgan fingerprint density at radius 1 is 0.778 bits per heavy atom. The maximum absolute atomic E-state index is 15.2. The van der Waals surface area contributed by atoms with Crippen molar-refractivity contribution in [1.29, 1.82) is 0 Å². The maximum Gasteiger partial charge on any atom is 0.258 e. The molecule has 1 N–H and O–H groups in total. The standard InChI is InChI=1S/C31H36F2O2Si/c1-19(2)36(20(3)4,21(5)6)35-25-13-15-27-23(16-25)12-14-26(22-10-8-7-9-11-22)30(27)31-28(32)17-24(34)18-29(31)33/h7-11,13,15-21,34H,12,14H2,1-6H3. The van der Waals surface area contributed by atoms with E-state index in [2.05, 4.69) is 47.6 Å². The van der Waals surface area contributed by atoms with E-state index in [4.69, 9.17) is 4.43 Å². The quantitative estimate of drug-likeness (QED) is 0.324. The molecule has 0 spiro atoms. The zero-order valence-electron chi connectivity index (χ0n) is 22.0. The number of phenols is 1. The molecule has 4 rings (SSSR count). The second kappa shape index (κ2) is 10.2. The summed E-state index contributed by atoms with van der Waals surface area (Å²) in [7, 11) is -2.14. The average molecular weight is 507 g/mol. The van der Waals surface area contributed by atoms with Crippen LogP contribution in [0.4, 0.5) is 8.78 Å². The Labute approximate surface area is 214 Å². The van der Waals surface area contributed by atoms with E-state index in [0.29, 0.717) is 28.6 Å². The van der Waals surface area contributed by atoms with Gasteiger partial charge in [-0.1, -0.05) is 77.9 Å². The molecule has 0 aromatic heterocycles. The van der Waals surface area contributed by atoms with Gasteiger partial charge in [0.1, 0.15) is 23.1 Å². The topological polar surface area (TPSA) is 29.5 Å². The minimum absolute atomic E-state index is 0.100. The zero-order valence-corrected chi connectivity index (χ0v) is 23.0. The first-order chi connectivity index (χ1) is 17.1. The number of rotatable bonds is 7. The number of phenolic OH excluding ortho intramolecular Hbond substituents is 1. The summed E-state index contributed by atoms with van der Waals surface area (Å²) in [5.74, 6) is -1.12. The molecule has 1 aliphatic carbocycles. The van der Waals surface area contributed by atoms with Crippen LogP contribution >= 0.6 is 0 Å². The molecule has 0 amide bonds. The van der Waals surface area contributed by atoms with Crippen molar-refractivity contribution in [2.24, 2.45) is 0 Å². The van der Waals surface area contributed by atoms with Crippen LogP contribution in [-0.4, -0.2) is 13.4 Å². The van der Waals surface area contributed by atoms with Crippen LogP contribution in [0, 0.1) is 11.6 Å². The summed E-state index contributed by atoms with van der Waals surface area (Å²) in [5.41, 5.74) is 5.43. The molecule has 36 heavy (non-hydrogen) atoms. The Morgan fingerprint density at radius 2 is 1.36 bits per heavy atom. The molecule has 0 saturated heterocycles. The summed E-state index contributed by atoms with van der Waals surface area (Å²) < 4.78 is 37.3. The van der Waals surface area contributed by atoms with Gasteiger partial charge in [0.15, 0.2) is 0 Å². The van der Waals surface area contributed by atoms with Crippen molar-refractivity contribution < 1.29 is 18.3 Å². The molecule has 5 heteroatoms. The third-order valence-electron chi connectivity index (χ3n) is 7.69. The van der Waals surface area contributed by atoms with Crippen LogP contribution in [0.25, 0.3) is 11.1 Å². The van der Waals surface area contributed by atoms with Crippen molar-refractivity contribution in [2.45, 2.75) is 71.0 Å². The van der Waals surface area contributed by atoms with E-state index in [1.807, 2.05) is 42.5 Å². The predicted octanol–water partition coefficient (Wildman–Crippen LogP) is 9.13. The maximum atomic E-state index is 15.2. The number of fused-ring (bicyclic) bond motifs is 1. The Morgan fingerprint density at radius 3 is 1.92 bits per heavy atom. The lowest BCUT2D eigenvalue weighted by molar-refractivity contribution is 0.459. The molecule has 0 saturated carbocycles. The van der Waals surface area contributed by atoms with Crippen molar-refractivity contribution in [3.05, 3.63) is 94.6 Å². The zero-order chi connectivity index (χ0) is 26.2. The number of halogens is 2. The molecule has 0 fully saturated rings. The molecule has 0 atom stereocenters. The van der Waals surface area contributed by atoms with Gasteiger partial charge in [-0.05, 0) is 69.4 Å². The number of hydrogen-bond donors (Lipinski definition) is 1. The fraction of sp³-hybridized carbons (Fsp3) is 0.355. The number of aromatic hydroxyl groups is 1. The van der Waals surface area contributed by atoms with E-state index in [1.165, 1.54) is 0 Å². The van der Waals surface area contributed by atoms with Gasteiger partial charge in [-0.15, -0.1) is 0 Å². The van der Waals surface area contributed by atoms with Gasteiger partial charge in [0.05, 0.1) is 5.56 Å². The molecule has 0 radical (unpaired) electrons. The van der Waals surface area contributed by atoms with Crippen molar-refractivity contribution in [3.63, 3.8) is 0 Å². The van der Waals surface area contributed by atoms with Crippen LogP contribution < -0.4 is 4.43 Å². The summed E-state index contributed by atoms with van der Waals surface area (Å²) in [6.45, 7) is 13.5. The van der Waals surface area contributed by atoms with Crippen LogP contribution in [0.1, 0.15) is 70.2 Å². The van der Waals surface area contributed by atoms with Gasteiger partial charge < -0.3 is 9.53 Å². The lowest BCUT2D eigenvalue weighted by Crippen LogP contribution is -2.50.